The Morgan fingerprint density at radius 3 is 2.58 bits per heavy atom. The molecule has 1 N–H and O–H groups in total. The van der Waals surface area contributed by atoms with Crippen LogP contribution in [0.2, 0.25) is 0 Å². The molecule has 188 valence electrons. The summed E-state index contributed by atoms with van der Waals surface area (Å²) in [6.07, 6.45) is 0.730. The number of hydrogen-bond acceptors (Lipinski definition) is 7. The Hall–Kier alpha value is -3.83. The van der Waals surface area contributed by atoms with Crippen LogP contribution in [0.25, 0.3) is 11.1 Å². The third-order valence-corrected chi connectivity index (χ3v) is 6.52. The molecule has 0 aromatic carbocycles. The number of cyclic esters (lactones) is 1. The van der Waals surface area contributed by atoms with Gasteiger partial charge in [0.15, 0.2) is 0 Å². The van der Waals surface area contributed by atoms with E-state index >= 15 is 0 Å². The van der Waals surface area contributed by atoms with Crippen LogP contribution in [0.4, 0.5) is 34.1 Å². The molecule has 1 saturated heterocycles. The van der Waals surface area contributed by atoms with Gasteiger partial charge in [0, 0.05) is 24.2 Å². The van der Waals surface area contributed by atoms with Gasteiger partial charge in [0.2, 0.25) is 5.95 Å². The second-order valence-corrected chi connectivity index (χ2v) is 9.14. The van der Waals surface area contributed by atoms with Crippen LogP contribution in [0.1, 0.15) is 44.1 Å². The number of carbonyl (C=O) groups is 1. The average Bonchev–Trinajstić information content (AvgIpc) is 3.64. The van der Waals surface area contributed by atoms with E-state index in [0.717, 1.165) is 31.2 Å². The smallest absolute Gasteiger partial charge is 0.433 e. The Bertz CT molecular complexity index is 1320. The normalized spacial score (nSPS) is 20.8. The lowest BCUT2D eigenvalue weighted by Crippen LogP contribution is -2.47. The summed E-state index contributed by atoms with van der Waals surface area (Å²) in [5, 5.41) is 2.98. The van der Waals surface area contributed by atoms with Crippen LogP contribution in [0.5, 0.6) is 0 Å². The minimum absolute atomic E-state index is 0.0289. The fourth-order valence-corrected chi connectivity index (χ4v) is 4.40. The molecule has 1 aliphatic carbocycles. The second-order valence-electron chi connectivity index (χ2n) is 9.14. The highest BCUT2D eigenvalue weighted by atomic mass is 19.4. The van der Waals surface area contributed by atoms with Gasteiger partial charge < -0.3 is 10.1 Å². The number of anilines is 2. The molecule has 1 amide bonds. The van der Waals surface area contributed by atoms with Gasteiger partial charge in [-0.2, -0.15) is 18.2 Å². The standard InChI is InChI=1S/C24H22F4N6O2/c1-13(20-17(25)9-15(11-31-20)14-5-7-29-18(10-14)24(26,27)28)32-21-30-8-6-19(33-21)34-22(35)36-12-23(34,2)16-3-4-16/h5-11,13,16H,3-4,12H2,1-2H3,(H,30,32,33)/t13-,23+/m0/s1. The Morgan fingerprint density at radius 1 is 1.14 bits per heavy atom. The van der Waals surface area contributed by atoms with Crippen LogP contribution in [0.15, 0.2) is 42.9 Å². The van der Waals surface area contributed by atoms with E-state index < -0.39 is 35.4 Å². The summed E-state index contributed by atoms with van der Waals surface area (Å²) in [7, 11) is 0. The number of hydrogen-bond donors (Lipinski definition) is 1. The second kappa shape index (κ2) is 8.68. The molecular formula is C24H22F4N6O2. The van der Waals surface area contributed by atoms with Crippen molar-refractivity contribution in [1.82, 2.24) is 19.9 Å². The number of rotatable bonds is 6. The van der Waals surface area contributed by atoms with Gasteiger partial charge in [0.05, 0.1) is 17.3 Å². The predicted octanol–water partition coefficient (Wildman–Crippen LogP) is 5.39. The van der Waals surface area contributed by atoms with Crippen molar-refractivity contribution in [1.29, 1.82) is 0 Å². The first kappa shape index (κ1) is 23.9. The van der Waals surface area contributed by atoms with Crippen LogP contribution in [-0.4, -0.2) is 38.2 Å². The first-order chi connectivity index (χ1) is 17.1. The molecule has 3 aromatic heterocycles. The summed E-state index contributed by atoms with van der Waals surface area (Å²) in [6.45, 7) is 3.89. The first-order valence-electron chi connectivity index (χ1n) is 11.3. The van der Waals surface area contributed by atoms with E-state index in [9.17, 15) is 22.4 Å². The number of ether oxygens (including phenoxy) is 1. The summed E-state index contributed by atoms with van der Waals surface area (Å²) in [4.78, 5) is 30.0. The zero-order valence-electron chi connectivity index (χ0n) is 19.4. The minimum Gasteiger partial charge on any atom is -0.447 e. The third-order valence-electron chi connectivity index (χ3n) is 6.52. The minimum atomic E-state index is -4.61. The molecule has 2 aliphatic rings. The molecule has 2 atom stereocenters. The van der Waals surface area contributed by atoms with Crippen molar-refractivity contribution in [2.75, 3.05) is 16.8 Å². The van der Waals surface area contributed by atoms with E-state index in [2.05, 4.69) is 25.3 Å². The zero-order valence-corrected chi connectivity index (χ0v) is 19.4. The first-order valence-corrected chi connectivity index (χ1v) is 11.3. The zero-order chi connectivity index (χ0) is 25.7. The molecule has 2 fully saturated rings. The van der Waals surface area contributed by atoms with Crippen molar-refractivity contribution < 1.29 is 27.1 Å². The van der Waals surface area contributed by atoms with Gasteiger partial charge in [0.1, 0.15) is 23.9 Å². The van der Waals surface area contributed by atoms with E-state index in [4.69, 9.17) is 4.74 Å². The molecule has 0 bridgehead atoms. The molecular weight excluding hydrogens is 480 g/mol. The van der Waals surface area contributed by atoms with Gasteiger partial charge >= 0.3 is 12.3 Å². The van der Waals surface area contributed by atoms with E-state index in [1.807, 2.05) is 6.92 Å². The molecule has 12 heteroatoms. The number of aromatic nitrogens is 4. The lowest BCUT2D eigenvalue weighted by atomic mass is 9.96. The highest BCUT2D eigenvalue weighted by molar-refractivity contribution is 5.90. The maximum atomic E-state index is 14.9. The van der Waals surface area contributed by atoms with Crippen molar-refractivity contribution >= 4 is 17.9 Å². The molecule has 0 spiro atoms. The van der Waals surface area contributed by atoms with Gasteiger partial charge in [-0.3, -0.25) is 14.9 Å². The summed E-state index contributed by atoms with van der Waals surface area (Å²) in [5.41, 5.74) is -1.21. The van der Waals surface area contributed by atoms with Crippen LogP contribution >= 0.6 is 0 Å². The van der Waals surface area contributed by atoms with Crippen LogP contribution < -0.4 is 10.2 Å². The van der Waals surface area contributed by atoms with Crippen molar-refractivity contribution in [3.8, 4) is 11.1 Å². The Morgan fingerprint density at radius 2 is 1.89 bits per heavy atom. The van der Waals surface area contributed by atoms with Crippen LogP contribution in [0, 0.1) is 11.7 Å². The van der Waals surface area contributed by atoms with Gasteiger partial charge in [0.25, 0.3) is 0 Å². The summed E-state index contributed by atoms with van der Waals surface area (Å²) in [6, 6.07) is 4.24. The maximum absolute atomic E-state index is 14.9. The number of nitrogens with one attached hydrogen (secondary N) is 1. The average molecular weight is 502 g/mol. The quantitative estimate of drug-likeness (QED) is 0.452. The van der Waals surface area contributed by atoms with Crippen molar-refractivity contribution in [2.45, 2.75) is 44.4 Å². The summed E-state index contributed by atoms with van der Waals surface area (Å²) >= 11 is 0. The largest absolute Gasteiger partial charge is 0.447 e. The van der Waals surface area contributed by atoms with Gasteiger partial charge in [-0.25, -0.2) is 14.2 Å². The molecule has 1 aliphatic heterocycles. The Labute approximate surface area is 203 Å². The summed E-state index contributed by atoms with van der Waals surface area (Å²) < 4.78 is 59.2. The molecule has 8 nitrogen and oxygen atoms in total. The van der Waals surface area contributed by atoms with Crippen LogP contribution in [-0.2, 0) is 10.9 Å². The molecule has 4 heterocycles. The van der Waals surface area contributed by atoms with E-state index in [-0.39, 0.29) is 29.4 Å². The number of nitrogens with zero attached hydrogens (tertiary/aromatic N) is 5. The number of carbonyl (C=O) groups excluding carboxylic acids is 1. The van der Waals surface area contributed by atoms with Gasteiger partial charge in [-0.05, 0) is 62.4 Å². The van der Waals surface area contributed by atoms with Crippen molar-refractivity contribution in [3.05, 3.63) is 60.1 Å². The molecule has 5 rings (SSSR count). The lowest BCUT2D eigenvalue weighted by molar-refractivity contribution is -0.141. The molecule has 0 unspecified atom stereocenters. The fraction of sp³-hybridized carbons (Fsp3) is 0.375. The number of amides is 1. The highest BCUT2D eigenvalue weighted by Crippen LogP contribution is 2.47. The Kier molecular flexibility index (Phi) is 5.76. The molecule has 1 saturated carbocycles. The monoisotopic (exact) mass is 502 g/mol. The summed E-state index contributed by atoms with van der Waals surface area (Å²) in [5.74, 6) is 0.155. The third kappa shape index (κ3) is 4.42. The topological polar surface area (TPSA) is 93.1 Å². The van der Waals surface area contributed by atoms with E-state index in [0.29, 0.717) is 11.7 Å². The van der Waals surface area contributed by atoms with Crippen molar-refractivity contribution in [3.63, 3.8) is 0 Å². The lowest BCUT2D eigenvalue weighted by Gasteiger charge is -2.31. The van der Waals surface area contributed by atoms with Gasteiger partial charge in [-0.15, -0.1) is 0 Å². The highest BCUT2D eigenvalue weighted by Gasteiger charge is 2.54. The van der Waals surface area contributed by atoms with E-state index in [1.165, 1.54) is 18.5 Å². The number of pyridine rings is 2. The molecule has 0 radical (unpaired) electrons. The van der Waals surface area contributed by atoms with E-state index in [1.54, 1.807) is 17.9 Å². The number of halogens is 4. The number of alkyl halides is 3. The predicted molar refractivity (Wildman–Crippen MR) is 121 cm³/mol. The fourth-order valence-electron chi connectivity index (χ4n) is 4.40. The SMILES string of the molecule is C[C@H](Nc1nccc(N2C(=O)OC[C@]2(C)C2CC2)n1)c1ncc(-c2ccnc(C(F)(F)F)c2)cc1F. The van der Waals surface area contributed by atoms with Crippen molar-refractivity contribution in [2.24, 2.45) is 5.92 Å². The maximum Gasteiger partial charge on any atom is 0.433 e. The van der Waals surface area contributed by atoms with Crippen LogP contribution in [0.3, 0.4) is 0 Å². The Balaban J connectivity index is 1.36. The molecule has 36 heavy (non-hydrogen) atoms. The molecule has 3 aromatic rings. The van der Waals surface area contributed by atoms with Gasteiger partial charge in [-0.1, -0.05) is 0 Å².